The van der Waals surface area contributed by atoms with E-state index >= 15 is 0 Å². The van der Waals surface area contributed by atoms with E-state index in [9.17, 15) is 0 Å². The highest BCUT2D eigenvalue weighted by Gasteiger charge is 1.89. The zero-order chi connectivity index (χ0) is 5.82. The minimum absolute atomic E-state index is 0.410. The summed E-state index contributed by atoms with van der Waals surface area (Å²) in [5, 5.41) is 0. The molecule has 1 N–H and O–H groups in total. The van der Waals surface area contributed by atoms with E-state index in [0.717, 1.165) is 12.2 Å². The molecule has 1 heterocycles. The number of nitrogens with one attached hydrogen (secondary N) is 1. The number of furan rings is 1. The average Bonchev–Trinajstić information content (AvgIpc) is 2.19. The molecule has 1 radical (unpaired) electrons. The van der Waals surface area contributed by atoms with Crippen molar-refractivity contribution in [2.24, 2.45) is 0 Å². The number of rotatable bonds is 2. The second-order valence-electron chi connectivity index (χ2n) is 1.58. The third kappa shape index (κ3) is 1.10. The van der Waals surface area contributed by atoms with Gasteiger partial charge in [-0.25, -0.2) is 0 Å². The van der Waals surface area contributed by atoms with Gasteiger partial charge in [-0.15, -0.1) is 0 Å². The second kappa shape index (κ2) is 2.52. The lowest BCUT2D eigenvalue weighted by Crippen LogP contribution is -1.88. The fourth-order valence-corrected chi connectivity index (χ4v) is 0.578. The van der Waals surface area contributed by atoms with E-state index in [1.54, 1.807) is 6.26 Å². The van der Waals surface area contributed by atoms with Crippen LogP contribution in [0.3, 0.4) is 0 Å². The molecule has 0 saturated carbocycles. The summed E-state index contributed by atoms with van der Waals surface area (Å²) < 4.78 is 4.95. The van der Waals surface area contributed by atoms with Gasteiger partial charge in [0.2, 0.25) is 0 Å². The molecule has 0 aliphatic rings. The summed E-state index contributed by atoms with van der Waals surface area (Å²) in [5.74, 6) is 0.903. The highest BCUT2D eigenvalue weighted by atomic mass is 16.3. The van der Waals surface area contributed by atoms with Gasteiger partial charge < -0.3 is 4.42 Å². The first-order chi connectivity index (χ1) is 3.93. The quantitative estimate of drug-likeness (QED) is 0.561. The molecule has 0 aromatic carbocycles. The first-order valence-electron chi connectivity index (χ1n) is 2.60. The topological polar surface area (TPSA) is 36.9 Å². The van der Waals surface area contributed by atoms with Crippen molar-refractivity contribution in [2.75, 3.05) is 6.54 Å². The van der Waals surface area contributed by atoms with Crippen LogP contribution in [0.25, 0.3) is 0 Å². The molecule has 8 heavy (non-hydrogen) atoms. The van der Waals surface area contributed by atoms with Gasteiger partial charge in [-0.3, -0.25) is 5.73 Å². The molecule has 2 nitrogen and oxygen atoms in total. The Kier molecular flexibility index (Phi) is 1.70. The number of hydrogen-bond acceptors (Lipinski definition) is 1. The Morgan fingerprint density at radius 1 is 1.62 bits per heavy atom. The average molecular weight is 110 g/mol. The molecular formula is C6H8NO. The molecule has 1 rings (SSSR count). The molecular weight excluding hydrogens is 102 g/mol. The van der Waals surface area contributed by atoms with Gasteiger partial charge >= 0.3 is 0 Å². The summed E-state index contributed by atoms with van der Waals surface area (Å²) in [6.07, 6.45) is 2.36. The lowest BCUT2D eigenvalue weighted by Gasteiger charge is -1.85. The van der Waals surface area contributed by atoms with Crippen LogP contribution in [-0.4, -0.2) is 6.54 Å². The van der Waals surface area contributed by atoms with E-state index in [4.69, 9.17) is 10.2 Å². The van der Waals surface area contributed by atoms with Gasteiger partial charge in [0.15, 0.2) is 0 Å². The summed E-state index contributed by atoms with van der Waals surface area (Å²) in [6, 6.07) is 3.72. The van der Waals surface area contributed by atoms with Crippen LogP contribution >= 0.6 is 0 Å². The zero-order valence-corrected chi connectivity index (χ0v) is 4.55. The summed E-state index contributed by atoms with van der Waals surface area (Å²) in [6.45, 7) is 0.410. The van der Waals surface area contributed by atoms with Crippen molar-refractivity contribution in [1.82, 2.24) is 5.73 Å². The van der Waals surface area contributed by atoms with Crippen molar-refractivity contribution < 1.29 is 4.42 Å². The van der Waals surface area contributed by atoms with Gasteiger partial charge in [-0.1, -0.05) is 0 Å². The molecule has 2 heteroatoms. The molecule has 0 unspecified atom stereocenters. The molecule has 0 aliphatic carbocycles. The van der Waals surface area contributed by atoms with Crippen molar-refractivity contribution in [2.45, 2.75) is 6.42 Å². The minimum atomic E-state index is 0.410. The van der Waals surface area contributed by atoms with Crippen molar-refractivity contribution in [3.8, 4) is 0 Å². The van der Waals surface area contributed by atoms with Crippen molar-refractivity contribution in [3.63, 3.8) is 0 Å². The third-order valence-corrected chi connectivity index (χ3v) is 0.952. The molecule has 0 saturated heterocycles. The van der Waals surface area contributed by atoms with Gasteiger partial charge in [0.05, 0.1) is 6.26 Å². The SMILES string of the molecule is [NH]CCc1ccco1. The Hall–Kier alpha value is -0.760. The van der Waals surface area contributed by atoms with Crippen molar-refractivity contribution in [1.29, 1.82) is 0 Å². The molecule has 1 aromatic heterocycles. The third-order valence-electron chi connectivity index (χ3n) is 0.952. The second-order valence-corrected chi connectivity index (χ2v) is 1.58. The largest absolute Gasteiger partial charge is 0.469 e. The summed E-state index contributed by atoms with van der Waals surface area (Å²) in [5.41, 5.74) is 6.82. The predicted molar refractivity (Wildman–Crippen MR) is 30.4 cm³/mol. The zero-order valence-electron chi connectivity index (χ0n) is 4.55. The van der Waals surface area contributed by atoms with Crippen LogP contribution < -0.4 is 5.73 Å². The van der Waals surface area contributed by atoms with Gasteiger partial charge in [0, 0.05) is 13.0 Å². The van der Waals surface area contributed by atoms with E-state index in [1.807, 2.05) is 12.1 Å². The normalized spacial score (nSPS) is 9.62. The van der Waals surface area contributed by atoms with Crippen molar-refractivity contribution in [3.05, 3.63) is 24.2 Å². The molecule has 0 amide bonds. The van der Waals surface area contributed by atoms with Gasteiger partial charge in [0.25, 0.3) is 0 Å². The van der Waals surface area contributed by atoms with Crippen LogP contribution in [0, 0.1) is 0 Å². The highest BCUT2D eigenvalue weighted by molar-refractivity contribution is 4.97. The standard InChI is InChI=1S/C6H8NO/c7-4-3-6-2-1-5-8-6/h1-2,5,7H,3-4H2. The summed E-state index contributed by atoms with van der Waals surface area (Å²) >= 11 is 0. The Labute approximate surface area is 48.3 Å². The maximum atomic E-state index is 6.82. The molecule has 0 spiro atoms. The molecule has 0 atom stereocenters. The van der Waals surface area contributed by atoms with E-state index in [2.05, 4.69) is 0 Å². The molecule has 0 aliphatic heterocycles. The van der Waals surface area contributed by atoms with Crippen molar-refractivity contribution >= 4 is 0 Å². The van der Waals surface area contributed by atoms with Crippen LogP contribution in [0.15, 0.2) is 22.8 Å². The van der Waals surface area contributed by atoms with Gasteiger partial charge in [0.1, 0.15) is 5.76 Å². The summed E-state index contributed by atoms with van der Waals surface area (Å²) in [4.78, 5) is 0. The highest BCUT2D eigenvalue weighted by Crippen LogP contribution is 1.98. The predicted octanol–water partition coefficient (Wildman–Crippen LogP) is 1.10. The van der Waals surface area contributed by atoms with E-state index < -0.39 is 0 Å². The van der Waals surface area contributed by atoms with Crippen LogP contribution in [0.4, 0.5) is 0 Å². The van der Waals surface area contributed by atoms with Crippen LogP contribution in [-0.2, 0) is 6.42 Å². The van der Waals surface area contributed by atoms with E-state index in [0.29, 0.717) is 6.54 Å². The van der Waals surface area contributed by atoms with Gasteiger partial charge in [-0.2, -0.15) is 0 Å². The lowest BCUT2D eigenvalue weighted by molar-refractivity contribution is 0.510. The first kappa shape index (κ1) is 5.38. The van der Waals surface area contributed by atoms with Crippen LogP contribution in [0.2, 0.25) is 0 Å². The van der Waals surface area contributed by atoms with E-state index in [-0.39, 0.29) is 0 Å². The smallest absolute Gasteiger partial charge is 0.105 e. The maximum Gasteiger partial charge on any atom is 0.105 e. The molecule has 43 valence electrons. The molecule has 1 aromatic rings. The Morgan fingerprint density at radius 3 is 3.00 bits per heavy atom. The Balaban J connectivity index is 2.50. The fraction of sp³-hybridized carbons (Fsp3) is 0.333. The monoisotopic (exact) mass is 110 g/mol. The first-order valence-corrected chi connectivity index (χ1v) is 2.60. The molecule has 0 bridgehead atoms. The Morgan fingerprint density at radius 2 is 2.50 bits per heavy atom. The molecule has 0 fully saturated rings. The van der Waals surface area contributed by atoms with Crippen LogP contribution in [0.5, 0.6) is 0 Å². The summed E-state index contributed by atoms with van der Waals surface area (Å²) in [7, 11) is 0. The van der Waals surface area contributed by atoms with Gasteiger partial charge in [-0.05, 0) is 12.1 Å². The Bertz CT molecular complexity index is 134. The van der Waals surface area contributed by atoms with E-state index in [1.165, 1.54) is 0 Å². The number of hydrogen-bond donors (Lipinski definition) is 0. The fourth-order valence-electron chi connectivity index (χ4n) is 0.578. The minimum Gasteiger partial charge on any atom is -0.469 e. The van der Waals surface area contributed by atoms with Crippen LogP contribution in [0.1, 0.15) is 5.76 Å². The maximum absolute atomic E-state index is 6.82. The lowest BCUT2D eigenvalue weighted by atomic mass is 10.3.